The predicted molar refractivity (Wildman–Crippen MR) is 53.1 cm³/mol. The van der Waals surface area contributed by atoms with Crippen LogP contribution >= 0.6 is 0 Å². The highest BCUT2D eigenvalue weighted by molar-refractivity contribution is 5.13. The Labute approximate surface area is 75.6 Å². The number of unbranched alkanes of at least 4 members (excludes halogenated alkanes) is 3. The Bertz CT molecular complexity index is 188. The summed E-state index contributed by atoms with van der Waals surface area (Å²) in [5.41, 5.74) is 1.42. The fraction of sp³-hybridized carbons (Fsp3) is 0.500. The molecule has 1 aromatic carbocycles. The largest absolute Gasteiger partial charge is 0.0654 e. The summed E-state index contributed by atoms with van der Waals surface area (Å²) < 4.78 is 0. The van der Waals surface area contributed by atoms with E-state index in [0.29, 0.717) is 0 Å². The van der Waals surface area contributed by atoms with Gasteiger partial charge in [0.15, 0.2) is 0 Å². The summed E-state index contributed by atoms with van der Waals surface area (Å²) in [4.78, 5) is 0. The number of hydrogen-bond acceptors (Lipinski definition) is 0. The van der Waals surface area contributed by atoms with Gasteiger partial charge in [0, 0.05) is 0 Å². The molecular weight excluding hydrogens is 144 g/mol. The minimum Gasteiger partial charge on any atom is -0.0654 e. The first-order valence-corrected chi connectivity index (χ1v) is 4.88. The van der Waals surface area contributed by atoms with Crippen molar-refractivity contribution < 1.29 is 0 Å². The number of aryl methyl sites for hydroxylation is 1. The van der Waals surface area contributed by atoms with E-state index in [4.69, 9.17) is 0 Å². The van der Waals surface area contributed by atoms with E-state index in [9.17, 15) is 0 Å². The summed E-state index contributed by atoms with van der Waals surface area (Å²) in [6.45, 7) is 2.25. The van der Waals surface area contributed by atoms with Crippen LogP contribution in [0.3, 0.4) is 0 Å². The van der Waals surface area contributed by atoms with E-state index in [1.54, 1.807) is 0 Å². The van der Waals surface area contributed by atoms with Crippen LogP contribution in [0.2, 0.25) is 0 Å². The summed E-state index contributed by atoms with van der Waals surface area (Å²) in [5, 5.41) is 0. The Hall–Kier alpha value is -0.780. The van der Waals surface area contributed by atoms with Gasteiger partial charge in [0.25, 0.3) is 0 Å². The lowest BCUT2D eigenvalue weighted by atomic mass is 10.1. The summed E-state index contributed by atoms with van der Waals surface area (Å²) in [6, 6.07) is 11.4. The highest BCUT2D eigenvalue weighted by Crippen LogP contribution is 2.06. The second kappa shape index (κ2) is 5.82. The molecule has 0 saturated heterocycles. The molecule has 1 rings (SSSR count). The predicted octanol–water partition coefficient (Wildman–Crippen LogP) is 3.61. The second-order valence-electron chi connectivity index (χ2n) is 3.22. The molecule has 0 nitrogen and oxygen atoms in total. The highest BCUT2D eigenvalue weighted by Gasteiger charge is 1.90. The van der Waals surface area contributed by atoms with Crippen LogP contribution < -0.4 is 0 Å². The van der Waals surface area contributed by atoms with Crippen LogP contribution in [0.25, 0.3) is 0 Å². The van der Waals surface area contributed by atoms with Crippen molar-refractivity contribution in [1.29, 1.82) is 0 Å². The quantitative estimate of drug-likeness (QED) is 0.579. The zero-order chi connectivity index (χ0) is 8.65. The van der Waals surface area contributed by atoms with Gasteiger partial charge >= 0.3 is 0 Å². The van der Waals surface area contributed by atoms with E-state index in [-0.39, 0.29) is 0 Å². The maximum atomic E-state index is 3.10. The van der Waals surface area contributed by atoms with Gasteiger partial charge in [0.2, 0.25) is 0 Å². The van der Waals surface area contributed by atoms with Gasteiger partial charge in [-0.2, -0.15) is 0 Å². The normalized spacial score (nSPS) is 10.1. The molecule has 0 N–H and O–H groups in total. The van der Waals surface area contributed by atoms with Crippen molar-refractivity contribution in [2.45, 2.75) is 39.0 Å². The Kier molecular flexibility index (Phi) is 4.51. The van der Waals surface area contributed by atoms with E-state index < -0.39 is 0 Å². The zero-order valence-corrected chi connectivity index (χ0v) is 7.84. The smallest absolute Gasteiger partial charge is 0.0181 e. The number of rotatable bonds is 5. The van der Waals surface area contributed by atoms with Gasteiger partial charge in [-0.25, -0.2) is 0 Å². The van der Waals surface area contributed by atoms with E-state index >= 15 is 0 Å². The molecule has 0 fully saturated rings. The van der Waals surface area contributed by atoms with Crippen LogP contribution in [0.1, 0.15) is 38.2 Å². The number of hydrogen-bond donors (Lipinski definition) is 0. The van der Waals surface area contributed by atoms with Crippen LogP contribution in [0.15, 0.2) is 24.3 Å². The molecule has 0 spiro atoms. The second-order valence-corrected chi connectivity index (χ2v) is 3.22. The Morgan fingerprint density at radius 3 is 2.83 bits per heavy atom. The topological polar surface area (TPSA) is 0 Å². The van der Waals surface area contributed by atoms with Gasteiger partial charge in [-0.3, -0.25) is 0 Å². The van der Waals surface area contributed by atoms with Crippen LogP contribution in [0.5, 0.6) is 0 Å². The van der Waals surface area contributed by atoms with Gasteiger partial charge in [0.05, 0.1) is 0 Å². The molecular formula is C12H17. The van der Waals surface area contributed by atoms with Crippen molar-refractivity contribution in [3.8, 4) is 0 Å². The molecule has 0 aromatic heterocycles. The van der Waals surface area contributed by atoms with Crippen LogP contribution in [0.4, 0.5) is 0 Å². The molecule has 0 aliphatic rings. The maximum absolute atomic E-state index is 3.10. The molecule has 12 heavy (non-hydrogen) atoms. The third kappa shape index (κ3) is 3.56. The molecule has 1 aromatic rings. The van der Waals surface area contributed by atoms with Crippen molar-refractivity contribution in [2.24, 2.45) is 0 Å². The minimum absolute atomic E-state index is 1.22. The molecule has 0 atom stereocenters. The molecule has 0 aliphatic heterocycles. The van der Waals surface area contributed by atoms with Crippen molar-refractivity contribution in [3.63, 3.8) is 0 Å². The van der Waals surface area contributed by atoms with E-state index in [1.165, 1.54) is 37.7 Å². The first-order valence-electron chi connectivity index (χ1n) is 4.88. The third-order valence-corrected chi connectivity index (χ3v) is 2.09. The molecule has 0 saturated carbocycles. The minimum atomic E-state index is 1.22. The molecule has 0 unspecified atom stereocenters. The van der Waals surface area contributed by atoms with Crippen molar-refractivity contribution in [1.82, 2.24) is 0 Å². The molecule has 0 heterocycles. The first kappa shape index (κ1) is 9.31. The maximum Gasteiger partial charge on any atom is -0.0181 e. The van der Waals surface area contributed by atoms with Gasteiger partial charge in [-0.05, 0) is 24.5 Å². The van der Waals surface area contributed by atoms with Gasteiger partial charge in [0.1, 0.15) is 0 Å². The first-order chi connectivity index (χ1) is 5.93. The van der Waals surface area contributed by atoms with Gasteiger partial charge in [-0.1, -0.05) is 50.5 Å². The SMILES string of the molecule is CCCCCCc1c[c]ccc1. The molecule has 1 radical (unpaired) electrons. The van der Waals surface area contributed by atoms with Crippen molar-refractivity contribution in [2.75, 3.05) is 0 Å². The zero-order valence-electron chi connectivity index (χ0n) is 7.84. The molecule has 0 aliphatic carbocycles. The van der Waals surface area contributed by atoms with Crippen LogP contribution in [-0.2, 0) is 6.42 Å². The highest BCUT2D eigenvalue weighted by atomic mass is 14.0. The molecule has 65 valence electrons. The molecule has 0 bridgehead atoms. The van der Waals surface area contributed by atoms with Gasteiger partial charge in [-0.15, -0.1) is 0 Å². The van der Waals surface area contributed by atoms with E-state index in [1.807, 2.05) is 6.07 Å². The third-order valence-electron chi connectivity index (χ3n) is 2.09. The lowest BCUT2D eigenvalue weighted by Gasteiger charge is -1.99. The molecule has 0 heteroatoms. The van der Waals surface area contributed by atoms with E-state index in [0.717, 1.165) is 0 Å². The average Bonchev–Trinajstić information content (AvgIpc) is 2.14. The summed E-state index contributed by atoms with van der Waals surface area (Å²) in [6.07, 6.45) is 6.60. The Morgan fingerprint density at radius 1 is 1.25 bits per heavy atom. The summed E-state index contributed by atoms with van der Waals surface area (Å²) in [7, 11) is 0. The number of benzene rings is 1. The Morgan fingerprint density at radius 2 is 2.17 bits per heavy atom. The molecule has 0 amide bonds. The van der Waals surface area contributed by atoms with Crippen molar-refractivity contribution in [3.05, 3.63) is 35.9 Å². The van der Waals surface area contributed by atoms with E-state index in [2.05, 4.69) is 31.2 Å². The van der Waals surface area contributed by atoms with Crippen molar-refractivity contribution >= 4 is 0 Å². The standard InChI is InChI=1S/C12H17/c1-2-3-4-6-9-12-10-7-5-8-11-12/h5,7,10-11H,2-4,6,9H2,1H3. The lowest BCUT2D eigenvalue weighted by Crippen LogP contribution is -1.84. The van der Waals surface area contributed by atoms with Gasteiger partial charge < -0.3 is 0 Å². The van der Waals surface area contributed by atoms with Crippen LogP contribution in [0, 0.1) is 6.07 Å². The van der Waals surface area contributed by atoms with Crippen LogP contribution in [-0.4, -0.2) is 0 Å². The lowest BCUT2D eigenvalue weighted by molar-refractivity contribution is 0.667. The summed E-state index contributed by atoms with van der Waals surface area (Å²) >= 11 is 0. The fourth-order valence-corrected chi connectivity index (χ4v) is 1.34. The summed E-state index contributed by atoms with van der Waals surface area (Å²) in [5.74, 6) is 0. The monoisotopic (exact) mass is 161 g/mol. The fourth-order valence-electron chi connectivity index (χ4n) is 1.34. The average molecular weight is 161 g/mol. The Balaban J connectivity index is 2.16.